The molecule has 158 valence electrons. The highest BCUT2D eigenvalue weighted by molar-refractivity contribution is 5.97. The fourth-order valence-electron chi connectivity index (χ4n) is 3.70. The smallest absolute Gasteiger partial charge is 0.260 e. The van der Waals surface area contributed by atoms with Crippen molar-refractivity contribution in [2.75, 3.05) is 5.32 Å². The summed E-state index contributed by atoms with van der Waals surface area (Å²) in [5.41, 5.74) is 5.43. The minimum Gasteiger partial charge on any atom is -0.380 e. The van der Waals surface area contributed by atoms with Gasteiger partial charge in [0.2, 0.25) is 0 Å². The van der Waals surface area contributed by atoms with Crippen LogP contribution in [0.4, 0.5) is 5.69 Å². The molecule has 2 atom stereocenters. The first-order chi connectivity index (χ1) is 15.0. The number of nitrogens with zero attached hydrogens (tertiary/aromatic N) is 1. The topological polar surface area (TPSA) is 83.5 Å². The van der Waals surface area contributed by atoms with Crippen LogP contribution in [0.1, 0.15) is 30.5 Å². The number of hydroxylamine groups is 1. The first-order valence-electron chi connectivity index (χ1n) is 10.2. The molecule has 0 spiro atoms. The number of carbonyl (C=O) groups excluding carboxylic acids is 1. The average molecular weight is 415 g/mol. The van der Waals surface area contributed by atoms with E-state index < -0.39 is 11.7 Å². The van der Waals surface area contributed by atoms with Gasteiger partial charge in [-0.05, 0) is 47.4 Å². The van der Waals surface area contributed by atoms with Gasteiger partial charge in [-0.25, -0.2) is 0 Å². The number of aliphatic hydroxyl groups is 1. The molecule has 31 heavy (non-hydrogen) atoms. The second-order valence-electron chi connectivity index (χ2n) is 7.82. The van der Waals surface area contributed by atoms with E-state index in [1.165, 1.54) is 0 Å². The standard InChI is InChI=1S/C25H25N3O3/c1-17(2)25(30,19-8-4-3-5-9-19)20-10-12-21(13-11-20)27-24(29)23-15-22(28-31-23)18-7-6-14-26-16-18/h3-17,23,28,30H,1-2H3,(H,27,29). The number of hydrogen-bond acceptors (Lipinski definition) is 5. The summed E-state index contributed by atoms with van der Waals surface area (Å²) in [6.45, 7) is 3.97. The van der Waals surface area contributed by atoms with E-state index in [0.717, 1.165) is 16.7 Å². The lowest BCUT2D eigenvalue weighted by Gasteiger charge is -2.33. The number of aromatic nitrogens is 1. The molecule has 1 aromatic heterocycles. The summed E-state index contributed by atoms with van der Waals surface area (Å²) in [6, 6.07) is 20.6. The van der Waals surface area contributed by atoms with Crippen molar-refractivity contribution in [3.8, 4) is 0 Å². The maximum atomic E-state index is 12.6. The fourth-order valence-corrected chi connectivity index (χ4v) is 3.70. The van der Waals surface area contributed by atoms with E-state index in [2.05, 4.69) is 15.8 Å². The molecule has 0 aliphatic carbocycles. The maximum absolute atomic E-state index is 12.6. The number of pyridine rings is 1. The molecule has 2 heterocycles. The van der Waals surface area contributed by atoms with Crippen molar-refractivity contribution in [2.24, 2.45) is 5.92 Å². The van der Waals surface area contributed by atoms with Crippen molar-refractivity contribution in [1.82, 2.24) is 10.5 Å². The van der Waals surface area contributed by atoms with E-state index >= 15 is 0 Å². The molecule has 2 unspecified atom stereocenters. The Labute approximate surface area is 181 Å². The van der Waals surface area contributed by atoms with Crippen LogP contribution < -0.4 is 10.8 Å². The Hall–Kier alpha value is -3.48. The third kappa shape index (κ3) is 4.21. The molecule has 0 saturated heterocycles. The Morgan fingerprint density at radius 3 is 2.42 bits per heavy atom. The van der Waals surface area contributed by atoms with Crippen LogP contribution in [0.25, 0.3) is 5.70 Å². The zero-order valence-corrected chi connectivity index (χ0v) is 17.4. The van der Waals surface area contributed by atoms with Gasteiger partial charge in [0.1, 0.15) is 5.60 Å². The summed E-state index contributed by atoms with van der Waals surface area (Å²) >= 11 is 0. The van der Waals surface area contributed by atoms with Gasteiger partial charge in [0.25, 0.3) is 5.91 Å². The molecule has 0 bridgehead atoms. The van der Waals surface area contributed by atoms with Crippen LogP contribution in [0.3, 0.4) is 0 Å². The molecule has 2 aromatic carbocycles. The minimum absolute atomic E-state index is 0.0376. The lowest BCUT2D eigenvalue weighted by Crippen LogP contribution is -2.33. The summed E-state index contributed by atoms with van der Waals surface area (Å²) < 4.78 is 0. The molecular weight excluding hydrogens is 390 g/mol. The normalized spacial score (nSPS) is 17.5. The molecule has 6 heteroatoms. The number of benzene rings is 2. The van der Waals surface area contributed by atoms with Crippen LogP contribution >= 0.6 is 0 Å². The molecule has 4 rings (SSSR count). The van der Waals surface area contributed by atoms with E-state index in [0.29, 0.717) is 11.4 Å². The molecule has 6 nitrogen and oxygen atoms in total. The number of nitrogens with one attached hydrogen (secondary N) is 2. The number of carbonyl (C=O) groups is 1. The van der Waals surface area contributed by atoms with Crippen molar-refractivity contribution in [3.05, 3.63) is 102 Å². The Kier molecular flexibility index (Phi) is 5.84. The van der Waals surface area contributed by atoms with Gasteiger partial charge in [0.15, 0.2) is 6.10 Å². The maximum Gasteiger partial charge on any atom is 0.260 e. The van der Waals surface area contributed by atoms with Gasteiger partial charge in [-0.1, -0.05) is 56.3 Å². The Bertz CT molecular complexity index is 1070. The first kappa shape index (κ1) is 20.8. The fraction of sp³-hybridized carbons (Fsp3) is 0.200. The van der Waals surface area contributed by atoms with Gasteiger partial charge in [0, 0.05) is 23.6 Å². The van der Waals surface area contributed by atoms with Crippen molar-refractivity contribution in [2.45, 2.75) is 25.6 Å². The van der Waals surface area contributed by atoms with Gasteiger partial charge in [-0.2, -0.15) is 0 Å². The van der Waals surface area contributed by atoms with Crippen LogP contribution in [-0.4, -0.2) is 22.1 Å². The monoisotopic (exact) mass is 415 g/mol. The van der Waals surface area contributed by atoms with Crippen molar-refractivity contribution in [1.29, 1.82) is 0 Å². The molecule has 3 N–H and O–H groups in total. The molecule has 0 fully saturated rings. The van der Waals surface area contributed by atoms with Gasteiger partial charge in [-0.15, -0.1) is 0 Å². The van der Waals surface area contributed by atoms with Gasteiger partial charge < -0.3 is 10.4 Å². The number of amides is 1. The van der Waals surface area contributed by atoms with Crippen molar-refractivity contribution in [3.63, 3.8) is 0 Å². The van der Waals surface area contributed by atoms with Gasteiger partial charge in [0.05, 0.1) is 5.70 Å². The number of anilines is 1. The second kappa shape index (κ2) is 8.71. The summed E-state index contributed by atoms with van der Waals surface area (Å²) in [6.07, 6.45) is 4.34. The van der Waals surface area contributed by atoms with Crippen molar-refractivity contribution >= 4 is 17.3 Å². The Morgan fingerprint density at radius 2 is 1.77 bits per heavy atom. The van der Waals surface area contributed by atoms with E-state index in [1.807, 2.05) is 68.4 Å². The third-order valence-corrected chi connectivity index (χ3v) is 5.49. The van der Waals surface area contributed by atoms with E-state index in [9.17, 15) is 9.90 Å². The first-order valence-corrected chi connectivity index (χ1v) is 10.2. The number of hydrogen-bond donors (Lipinski definition) is 3. The molecular formula is C25H25N3O3. The van der Waals surface area contributed by atoms with E-state index in [4.69, 9.17) is 4.84 Å². The quantitative estimate of drug-likeness (QED) is 0.570. The van der Waals surface area contributed by atoms with Gasteiger partial charge in [-0.3, -0.25) is 20.1 Å². The zero-order valence-electron chi connectivity index (χ0n) is 17.4. The Balaban J connectivity index is 1.49. The highest BCUT2D eigenvalue weighted by Gasteiger charge is 2.35. The molecule has 1 amide bonds. The molecule has 0 radical (unpaired) electrons. The molecule has 1 aliphatic rings. The van der Waals surface area contributed by atoms with Crippen LogP contribution in [0, 0.1) is 5.92 Å². The van der Waals surface area contributed by atoms with Gasteiger partial charge >= 0.3 is 0 Å². The zero-order chi connectivity index (χ0) is 21.8. The lowest BCUT2D eigenvalue weighted by molar-refractivity contribution is -0.125. The van der Waals surface area contributed by atoms with Crippen LogP contribution in [0.5, 0.6) is 0 Å². The van der Waals surface area contributed by atoms with Crippen molar-refractivity contribution < 1.29 is 14.7 Å². The van der Waals surface area contributed by atoms with E-state index in [-0.39, 0.29) is 11.8 Å². The molecule has 0 saturated carbocycles. The SMILES string of the molecule is CC(C)C(O)(c1ccccc1)c1ccc(NC(=O)C2C=C(c3cccnc3)NO2)cc1. The lowest BCUT2D eigenvalue weighted by atomic mass is 9.78. The highest BCUT2D eigenvalue weighted by atomic mass is 16.7. The predicted molar refractivity (Wildman–Crippen MR) is 120 cm³/mol. The summed E-state index contributed by atoms with van der Waals surface area (Å²) in [4.78, 5) is 22.1. The summed E-state index contributed by atoms with van der Waals surface area (Å²) in [5.74, 6) is -0.328. The summed E-state index contributed by atoms with van der Waals surface area (Å²) in [7, 11) is 0. The average Bonchev–Trinajstić information content (AvgIpc) is 3.31. The molecule has 1 aliphatic heterocycles. The van der Waals surface area contributed by atoms with Crippen LogP contribution in [-0.2, 0) is 15.2 Å². The minimum atomic E-state index is -1.12. The summed E-state index contributed by atoms with van der Waals surface area (Å²) in [5, 5.41) is 14.3. The largest absolute Gasteiger partial charge is 0.380 e. The van der Waals surface area contributed by atoms with Crippen LogP contribution in [0.15, 0.2) is 85.2 Å². The third-order valence-electron chi connectivity index (χ3n) is 5.49. The predicted octanol–water partition coefficient (Wildman–Crippen LogP) is 3.86. The molecule has 3 aromatic rings. The van der Waals surface area contributed by atoms with Crippen LogP contribution in [0.2, 0.25) is 0 Å². The highest BCUT2D eigenvalue weighted by Crippen LogP contribution is 2.37. The number of rotatable bonds is 6. The Morgan fingerprint density at radius 1 is 1.06 bits per heavy atom. The second-order valence-corrected chi connectivity index (χ2v) is 7.82. The van der Waals surface area contributed by atoms with E-state index in [1.54, 1.807) is 30.6 Å².